The molecule has 6 heteroatoms. The van der Waals surface area contributed by atoms with Crippen LogP contribution in [-0.2, 0) is 23.8 Å². The SMILES string of the molecule is COC(=O)COCCC(C(=O)OC(C)(C)C)C(=O)c1ccccc1. The third kappa shape index (κ3) is 6.91. The van der Waals surface area contributed by atoms with E-state index in [9.17, 15) is 14.4 Å². The van der Waals surface area contributed by atoms with E-state index in [0.29, 0.717) is 5.56 Å². The first kappa shape index (κ1) is 19.8. The second-order valence-electron chi connectivity index (χ2n) is 6.23. The molecule has 0 amide bonds. The largest absolute Gasteiger partial charge is 0.467 e. The maximum Gasteiger partial charge on any atom is 0.331 e. The number of esters is 2. The van der Waals surface area contributed by atoms with Crippen molar-refractivity contribution in [3.8, 4) is 0 Å². The lowest BCUT2D eigenvalue weighted by molar-refractivity contribution is -0.158. The normalized spacial score (nSPS) is 12.3. The molecular formula is C18H24O6. The van der Waals surface area contributed by atoms with Crippen molar-refractivity contribution in [1.29, 1.82) is 0 Å². The van der Waals surface area contributed by atoms with Crippen molar-refractivity contribution in [3.63, 3.8) is 0 Å². The molecule has 1 rings (SSSR count). The molecule has 0 aromatic heterocycles. The van der Waals surface area contributed by atoms with Crippen LogP contribution in [0, 0.1) is 5.92 Å². The van der Waals surface area contributed by atoms with E-state index in [0.717, 1.165) is 0 Å². The van der Waals surface area contributed by atoms with Gasteiger partial charge in [0.1, 0.15) is 18.1 Å². The van der Waals surface area contributed by atoms with Crippen LogP contribution in [0.3, 0.4) is 0 Å². The summed E-state index contributed by atoms with van der Waals surface area (Å²) < 4.78 is 14.9. The summed E-state index contributed by atoms with van der Waals surface area (Å²) in [6.45, 7) is 5.06. The molecule has 132 valence electrons. The van der Waals surface area contributed by atoms with Crippen molar-refractivity contribution in [2.45, 2.75) is 32.8 Å². The fourth-order valence-electron chi connectivity index (χ4n) is 1.95. The van der Waals surface area contributed by atoms with E-state index in [4.69, 9.17) is 9.47 Å². The minimum atomic E-state index is -0.982. The van der Waals surface area contributed by atoms with Crippen molar-refractivity contribution < 1.29 is 28.6 Å². The zero-order valence-electron chi connectivity index (χ0n) is 14.5. The average molecular weight is 336 g/mol. The first-order chi connectivity index (χ1) is 11.2. The Kier molecular flexibility index (Phi) is 7.58. The maximum absolute atomic E-state index is 12.6. The van der Waals surface area contributed by atoms with Gasteiger partial charge in [0.25, 0.3) is 0 Å². The molecule has 0 bridgehead atoms. The Bertz CT molecular complexity index is 559. The van der Waals surface area contributed by atoms with Gasteiger partial charge in [-0.15, -0.1) is 0 Å². The third-order valence-corrected chi connectivity index (χ3v) is 3.06. The van der Waals surface area contributed by atoms with E-state index in [2.05, 4.69) is 4.74 Å². The van der Waals surface area contributed by atoms with E-state index in [1.165, 1.54) is 7.11 Å². The summed E-state index contributed by atoms with van der Waals surface area (Å²) in [7, 11) is 1.26. The molecule has 0 radical (unpaired) electrons. The second kappa shape index (κ2) is 9.17. The molecule has 1 unspecified atom stereocenters. The van der Waals surface area contributed by atoms with Gasteiger partial charge in [0, 0.05) is 12.2 Å². The molecule has 0 saturated carbocycles. The smallest absolute Gasteiger partial charge is 0.331 e. The lowest BCUT2D eigenvalue weighted by atomic mass is 9.94. The average Bonchev–Trinajstić information content (AvgIpc) is 2.53. The Morgan fingerprint density at radius 2 is 1.71 bits per heavy atom. The van der Waals surface area contributed by atoms with Gasteiger partial charge in [-0.05, 0) is 27.2 Å². The van der Waals surface area contributed by atoms with Crippen LogP contribution in [-0.4, -0.2) is 43.6 Å². The molecule has 24 heavy (non-hydrogen) atoms. The van der Waals surface area contributed by atoms with Gasteiger partial charge in [0.2, 0.25) is 0 Å². The van der Waals surface area contributed by atoms with Crippen LogP contribution < -0.4 is 0 Å². The number of carbonyl (C=O) groups is 3. The standard InChI is InChI=1S/C18H24O6/c1-18(2,3)24-17(21)14(10-11-23-12-15(19)22-4)16(20)13-8-6-5-7-9-13/h5-9,14H,10-12H2,1-4H3. The number of ether oxygens (including phenoxy) is 3. The van der Waals surface area contributed by atoms with Gasteiger partial charge in [-0.25, -0.2) is 4.79 Å². The molecule has 1 atom stereocenters. The van der Waals surface area contributed by atoms with Gasteiger partial charge in [0.05, 0.1) is 7.11 Å². The molecule has 0 aliphatic carbocycles. The highest BCUT2D eigenvalue weighted by Crippen LogP contribution is 2.18. The summed E-state index contributed by atoms with van der Waals surface area (Å²) in [5, 5.41) is 0. The van der Waals surface area contributed by atoms with E-state index >= 15 is 0 Å². The summed E-state index contributed by atoms with van der Waals surface area (Å²) in [5.74, 6) is -2.42. The van der Waals surface area contributed by atoms with E-state index in [1.807, 2.05) is 0 Å². The Morgan fingerprint density at radius 1 is 1.08 bits per heavy atom. The number of hydrogen-bond acceptors (Lipinski definition) is 6. The number of methoxy groups -OCH3 is 1. The zero-order valence-corrected chi connectivity index (χ0v) is 14.5. The molecule has 6 nitrogen and oxygen atoms in total. The Morgan fingerprint density at radius 3 is 2.25 bits per heavy atom. The topological polar surface area (TPSA) is 78.9 Å². The Labute approximate surface area is 142 Å². The van der Waals surface area contributed by atoms with Crippen molar-refractivity contribution in [3.05, 3.63) is 35.9 Å². The predicted molar refractivity (Wildman–Crippen MR) is 87.6 cm³/mol. The molecule has 0 aliphatic rings. The highest BCUT2D eigenvalue weighted by molar-refractivity contribution is 6.08. The summed E-state index contributed by atoms with van der Waals surface area (Å²) in [5.41, 5.74) is -0.263. The Hall–Kier alpha value is -2.21. The van der Waals surface area contributed by atoms with Gasteiger partial charge >= 0.3 is 11.9 Å². The fraction of sp³-hybridized carbons (Fsp3) is 0.500. The molecule has 0 fully saturated rings. The maximum atomic E-state index is 12.6. The number of ketones is 1. The van der Waals surface area contributed by atoms with Crippen LogP contribution in [0.15, 0.2) is 30.3 Å². The summed E-state index contributed by atoms with van der Waals surface area (Å²) in [6, 6.07) is 8.54. The lowest BCUT2D eigenvalue weighted by Gasteiger charge is -2.23. The van der Waals surface area contributed by atoms with Gasteiger partial charge in [-0.1, -0.05) is 30.3 Å². The highest BCUT2D eigenvalue weighted by atomic mass is 16.6. The number of benzene rings is 1. The quantitative estimate of drug-likeness (QED) is 0.314. The zero-order chi connectivity index (χ0) is 18.2. The van der Waals surface area contributed by atoms with Crippen LogP contribution in [0.2, 0.25) is 0 Å². The number of hydrogen-bond donors (Lipinski definition) is 0. The minimum Gasteiger partial charge on any atom is -0.467 e. The molecule has 0 heterocycles. The highest BCUT2D eigenvalue weighted by Gasteiger charge is 2.31. The second-order valence-corrected chi connectivity index (χ2v) is 6.23. The van der Waals surface area contributed by atoms with Crippen LogP contribution >= 0.6 is 0 Å². The van der Waals surface area contributed by atoms with Crippen molar-refractivity contribution >= 4 is 17.7 Å². The molecule has 1 aromatic rings. The summed E-state index contributed by atoms with van der Waals surface area (Å²) >= 11 is 0. The van der Waals surface area contributed by atoms with Crippen molar-refractivity contribution in [2.24, 2.45) is 5.92 Å². The fourth-order valence-corrected chi connectivity index (χ4v) is 1.95. The molecule has 0 saturated heterocycles. The third-order valence-electron chi connectivity index (χ3n) is 3.06. The van der Waals surface area contributed by atoms with Gasteiger partial charge in [-0.2, -0.15) is 0 Å². The molecular weight excluding hydrogens is 312 g/mol. The molecule has 1 aromatic carbocycles. The monoisotopic (exact) mass is 336 g/mol. The Balaban J connectivity index is 2.77. The van der Waals surface area contributed by atoms with E-state index in [1.54, 1.807) is 51.1 Å². The van der Waals surface area contributed by atoms with Crippen LogP contribution in [0.1, 0.15) is 37.6 Å². The van der Waals surface area contributed by atoms with Crippen molar-refractivity contribution in [2.75, 3.05) is 20.3 Å². The van der Waals surface area contributed by atoms with Crippen LogP contribution in [0.4, 0.5) is 0 Å². The van der Waals surface area contributed by atoms with Gasteiger partial charge in [-0.3, -0.25) is 9.59 Å². The first-order valence-electron chi connectivity index (χ1n) is 7.71. The lowest BCUT2D eigenvalue weighted by Crippen LogP contribution is -2.33. The minimum absolute atomic E-state index is 0.0670. The first-order valence-corrected chi connectivity index (χ1v) is 7.71. The van der Waals surface area contributed by atoms with E-state index in [-0.39, 0.29) is 25.4 Å². The summed E-state index contributed by atoms with van der Waals surface area (Å²) in [4.78, 5) is 36.0. The predicted octanol–water partition coefficient (Wildman–Crippen LogP) is 2.41. The van der Waals surface area contributed by atoms with Crippen LogP contribution in [0.25, 0.3) is 0 Å². The molecule has 0 spiro atoms. The molecule has 0 aliphatic heterocycles. The number of Topliss-reactive ketones (excluding diaryl/α,β-unsaturated/α-hetero) is 1. The molecule has 0 N–H and O–H groups in total. The summed E-state index contributed by atoms with van der Waals surface area (Å²) in [6.07, 6.45) is 0.125. The van der Waals surface area contributed by atoms with Crippen molar-refractivity contribution in [1.82, 2.24) is 0 Å². The van der Waals surface area contributed by atoms with E-state index < -0.39 is 23.5 Å². The van der Waals surface area contributed by atoms with Crippen LogP contribution in [0.5, 0.6) is 0 Å². The number of carbonyl (C=O) groups excluding carboxylic acids is 3. The number of rotatable bonds is 8. The van der Waals surface area contributed by atoms with Gasteiger partial charge in [0.15, 0.2) is 5.78 Å². The van der Waals surface area contributed by atoms with Gasteiger partial charge < -0.3 is 14.2 Å².